The van der Waals surface area contributed by atoms with E-state index >= 15 is 0 Å². The molecule has 2 aromatic rings. The molecule has 0 aliphatic rings. The molecule has 0 bridgehead atoms. The van der Waals surface area contributed by atoms with Crippen LogP contribution in [-0.4, -0.2) is 0 Å². The molecule has 0 spiro atoms. The van der Waals surface area contributed by atoms with Crippen molar-refractivity contribution in [3.05, 3.63) is 51.5 Å². The van der Waals surface area contributed by atoms with Gasteiger partial charge in [-0.25, -0.2) is 0 Å². The van der Waals surface area contributed by atoms with Crippen molar-refractivity contribution in [2.24, 2.45) is 0 Å². The number of nitrogens with one attached hydrogen (secondary N) is 1. The van der Waals surface area contributed by atoms with E-state index in [0.29, 0.717) is 10.0 Å². The smallest absolute Gasteiger partial charge is 0.0644 e. The Morgan fingerprint density at radius 2 is 1.61 bits per heavy atom. The van der Waals surface area contributed by atoms with Crippen molar-refractivity contribution in [1.82, 2.24) is 0 Å². The lowest BCUT2D eigenvalue weighted by Crippen LogP contribution is -1.96. The highest BCUT2D eigenvalue weighted by molar-refractivity contribution is 6.35. The number of benzene rings is 2. The van der Waals surface area contributed by atoms with E-state index in [-0.39, 0.29) is 0 Å². The predicted octanol–water partition coefficient (Wildman–Crippen LogP) is 4.94. The van der Waals surface area contributed by atoms with Gasteiger partial charge in [-0.05, 0) is 55.3 Å². The molecule has 4 heteroatoms. The first-order valence-corrected chi connectivity index (χ1v) is 6.32. The number of rotatable bonds is 2. The SMILES string of the molecule is Cc1cc(Cl)c(Nc2ccc(N)cc2C)cc1Cl. The highest BCUT2D eigenvalue weighted by Crippen LogP contribution is 2.32. The Balaban J connectivity index is 2.37. The molecule has 0 unspecified atom stereocenters. The normalized spacial score (nSPS) is 10.4. The van der Waals surface area contributed by atoms with Gasteiger partial charge in [0, 0.05) is 16.4 Å². The third kappa shape index (κ3) is 2.71. The number of hydrogen-bond acceptors (Lipinski definition) is 2. The van der Waals surface area contributed by atoms with Gasteiger partial charge in [-0.3, -0.25) is 0 Å². The summed E-state index contributed by atoms with van der Waals surface area (Å²) in [4.78, 5) is 0. The molecule has 0 aliphatic heterocycles. The minimum Gasteiger partial charge on any atom is -0.399 e. The number of halogens is 2. The molecular formula is C14H14Cl2N2. The topological polar surface area (TPSA) is 38.0 Å². The van der Waals surface area contributed by atoms with Crippen molar-refractivity contribution in [2.75, 3.05) is 11.1 Å². The summed E-state index contributed by atoms with van der Waals surface area (Å²) in [5.74, 6) is 0. The molecule has 0 heterocycles. The fraction of sp³-hybridized carbons (Fsp3) is 0.143. The predicted molar refractivity (Wildman–Crippen MR) is 80.1 cm³/mol. The van der Waals surface area contributed by atoms with Crippen LogP contribution in [0.4, 0.5) is 17.1 Å². The maximum Gasteiger partial charge on any atom is 0.0644 e. The van der Waals surface area contributed by atoms with Gasteiger partial charge in [0.15, 0.2) is 0 Å². The third-order valence-electron chi connectivity index (χ3n) is 2.77. The van der Waals surface area contributed by atoms with E-state index in [1.165, 1.54) is 0 Å². The van der Waals surface area contributed by atoms with Crippen molar-refractivity contribution in [3.8, 4) is 0 Å². The average molecular weight is 281 g/mol. The van der Waals surface area contributed by atoms with Crippen LogP contribution in [0.1, 0.15) is 11.1 Å². The summed E-state index contributed by atoms with van der Waals surface area (Å²) in [5, 5.41) is 4.60. The van der Waals surface area contributed by atoms with Crippen molar-refractivity contribution >= 4 is 40.3 Å². The first-order chi connectivity index (χ1) is 8.47. The lowest BCUT2D eigenvalue weighted by atomic mass is 10.1. The monoisotopic (exact) mass is 280 g/mol. The molecule has 2 aromatic carbocycles. The zero-order chi connectivity index (χ0) is 13.3. The van der Waals surface area contributed by atoms with Crippen molar-refractivity contribution in [2.45, 2.75) is 13.8 Å². The van der Waals surface area contributed by atoms with Crippen molar-refractivity contribution in [3.63, 3.8) is 0 Å². The Kier molecular flexibility index (Phi) is 3.69. The summed E-state index contributed by atoms with van der Waals surface area (Å²) in [6.45, 7) is 3.91. The Morgan fingerprint density at radius 1 is 0.889 bits per heavy atom. The quantitative estimate of drug-likeness (QED) is 0.765. The summed E-state index contributed by atoms with van der Waals surface area (Å²) in [7, 11) is 0. The Hall–Kier alpha value is -1.38. The van der Waals surface area contributed by atoms with Gasteiger partial charge in [0.05, 0.1) is 10.7 Å². The summed E-state index contributed by atoms with van der Waals surface area (Å²) >= 11 is 12.3. The summed E-state index contributed by atoms with van der Waals surface area (Å²) in [6.07, 6.45) is 0. The van der Waals surface area contributed by atoms with E-state index in [9.17, 15) is 0 Å². The van der Waals surface area contributed by atoms with Crippen LogP contribution >= 0.6 is 23.2 Å². The van der Waals surface area contributed by atoms with Crippen LogP contribution in [0.3, 0.4) is 0 Å². The van der Waals surface area contributed by atoms with Gasteiger partial charge in [-0.1, -0.05) is 23.2 Å². The van der Waals surface area contributed by atoms with Gasteiger partial charge in [0.2, 0.25) is 0 Å². The highest BCUT2D eigenvalue weighted by Gasteiger charge is 2.06. The standard InChI is InChI=1S/C14H14Cl2N2/c1-8-6-12(16)14(7-11(8)15)18-13-4-3-10(17)5-9(13)2/h3-7,18H,17H2,1-2H3. The molecule has 0 saturated heterocycles. The lowest BCUT2D eigenvalue weighted by Gasteiger charge is -2.13. The largest absolute Gasteiger partial charge is 0.399 e. The highest BCUT2D eigenvalue weighted by atomic mass is 35.5. The molecule has 94 valence electrons. The maximum absolute atomic E-state index is 6.19. The molecule has 18 heavy (non-hydrogen) atoms. The lowest BCUT2D eigenvalue weighted by molar-refractivity contribution is 1.41. The van der Waals surface area contributed by atoms with Crippen molar-refractivity contribution in [1.29, 1.82) is 0 Å². The molecule has 0 fully saturated rings. The maximum atomic E-state index is 6.19. The summed E-state index contributed by atoms with van der Waals surface area (Å²) < 4.78 is 0. The zero-order valence-corrected chi connectivity index (χ0v) is 11.7. The van der Waals surface area contributed by atoms with Gasteiger partial charge < -0.3 is 11.1 Å². The van der Waals surface area contributed by atoms with E-state index in [1.807, 2.05) is 44.2 Å². The van der Waals surface area contributed by atoms with Crippen LogP contribution in [0.25, 0.3) is 0 Å². The third-order valence-corrected chi connectivity index (χ3v) is 3.49. The second-order valence-electron chi connectivity index (χ2n) is 4.28. The molecular weight excluding hydrogens is 267 g/mol. The first kappa shape index (κ1) is 13.1. The van der Waals surface area contributed by atoms with E-state index in [0.717, 1.165) is 28.2 Å². The number of anilines is 3. The number of nitrogen functional groups attached to an aromatic ring is 1. The Morgan fingerprint density at radius 3 is 2.28 bits per heavy atom. The van der Waals surface area contributed by atoms with Crippen LogP contribution in [0.2, 0.25) is 10.0 Å². The fourth-order valence-electron chi connectivity index (χ4n) is 1.71. The zero-order valence-electron chi connectivity index (χ0n) is 10.2. The van der Waals surface area contributed by atoms with Gasteiger partial charge in [-0.15, -0.1) is 0 Å². The van der Waals surface area contributed by atoms with Gasteiger partial charge >= 0.3 is 0 Å². The second-order valence-corrected chi connectivity index (χ2v) is 5.09. The summed E-state index contributed by atoms with van der Waals surface area (Å²) in [6, 6.07) is 9.35. The minimum absolute atomic E-state index is 0.646. The van der Waals surface area contributed by atoms with Gasteiger partial charge in [0.1, 0.15) is 0 Å². The van der Waals surface area contributed by atoms with E-state index in [4.69, 9.17) is 28.9 Å². The van der Waals surface area contributed by atoms with E-state index in [2.05, 4.69) is 5.32 Å². The van der Waals surface area contributed by atoms with Crippen LogP contribution in [0, 0.1) is 13.8 Å². The minimum atomic E-state index is 0.646. The van der Waals surface area contributed by atoms with Crippen LogP contribution < -0.4 is 11.1 Å². The molecule has 0 amide bonds. The molecule has 2 nitrogen and oxygen atoms in total. The molecule has 0 atom stereocenters. The molecule has 0 radical (unpaired) electrons. The first-order valence-electron chi connectivity index (χ1n) is 5.56. The Bertz CT molecular complexity index is 595. The van der Waals surface area contributed by atoms with Crippen molar-refractivity contribution < 1.29 is 0 Å². The van der Waals surface area contributed by atoms with Crippen LogP contribution in [0.5, 0.6) is 0 Å². The van der Waals surface area contributed by atoms with Gasteiger partial charge in [-0.2, -0.15) is 0 Å². The number of hydrogen-bond donors (Lipinski definition) is 2. The number of aryl methyl sites for hydroxylation is 2. The van der Waals surface area contributed by atoms with Crippen LogP contribution in [0.15, 0.2) is 30.3 Å². The summed E-state index contributed by atoms with van der Waals surface area (Å²) in [5.41, 5.74) is 10.2. The van der Waals surface area contributed by atoms with E-state index in [1.54, 1.807) is 0 Å². The average Bonchev–Trinajstić information content (AvgIpc) is 2.29. The second kappa shape index (κ2) is 5.09. The fourth-order valence-corrected chi connectivity index (χ4v) is 2.14. The molecule has 0 aliphatic carbocycles. The molecule has 2 rings (SSSR count). The van der Waals surface area contributed by atoms with Crippen LogP contribution in [-0.2, 0) is 0 Å². The molecule has 0 aromatic heterocycles. The Labute approximate surface area is 117 Å². The molecule has 0 saturated carbocycles. The van der Waals surface area contributed by atoms with E-state index < -0.39 is 0 Å². The number of nitrogens with two attached hydrogens (primary N) is 1. The molecule has 3 N–H and O–H groups in total. The van der Waals surface area contributed by atoms with Gasteiger partial charge in [0.25, 0.3) is 0 Å².